The van der Waals surface area contributed by atoms with Crippen LogP contribution in [0, 0.1) is 5.92 Å². The molecule has 19 heavy (non-hydrogen) atoms. The molecule has 2 heterocycles. The Bertz CT molecular complexity index is 417. The van der Waals surface area contributed by atoms with E-state index < -0.39 is 0 Å². The summed E-state index contributed by atoms with van der Waals surface area (Å²) in [5.74, 6) is 7.12. The van der Waals surface area contributed by atoms with Crippen molar-refractivity contribution in [1.82, 2.24) is 15.0 Å². The molecule has 0 aliphatic carbocycles. The Hall–Kier alpha value is -1.63. The smallest absolute Gasteiger partial charge is 0.323 e. The van der Waals surface area contributed by atoms with Gasteiger partial charge >= 0.3 is 6.01 Å². The first-order valence-electron chi connectivity index (χ1n) is 6.72. The lowest BCUT2D eigenvalue weighted by Crippen LogP contribution is -2.34. The number of nitrogens with one attached hydrogen (secondary N) is 1. The van der Waals surface area contributed by atoms with Crippen LogP contribution in [0.3, 0.4) is 0 Å². The third kappa shape index (κ3) is 3.66. The fourth-order valence-corrected chi connectivity index (χ4v) is 2.02. The average molecular weight is 266 g/mol. The van der Waals surface area contributed by atoms with Crippen LogP contribution in [-0.4, -0.2) is 34.1 Å². The summed E-state index contributed by atoms with van der Waals surface area (Å²) in [5, 5.41) is 0. The Morgan fingerprint density at radius 3 is 2.53 bits per heavy atom. The van der Waals surface area contributed by atoms with E-state index in [4.69, 9.17) is 10.6 Å². The normalized spacial score (nSPS) is 16.8. The van der Waals surface area contributed by atoms with E-state index >= 15 is 0 Å². The molecule has 0 atom stereocenters. The van der Waals surface area contributed by atoms with Crippen molar-refractivity contribution in [3.8, 4) is 6.01 Å². The van der Waals surface area contributed by atoms with Crippen molar-refractivity contribution in [2.24, 2.45) is 11.8 Å². The molecule has 1 aromatic heterocycles. The summed E-state index contributed by atoms with van der Waals surface area (Å²) in [4.78, 5) is 14.9. The predicted molar refractivity (Wildman–Crippen MR) is 74.0 cm³/mol. The number of piperidine rings is 1. The standard InChI is InChI=1S/C12H22N6O/c1-8(2)19-12-15-10(17-13)14-11(16-12)18-6-4-9(3)5-7-18/h8-9H,4-7,13H2,1-3H3,(H,14,15,16,17). The molecule has 0 bridgehead atoms. The fraction of sp³-hybridized carbons (Fsp3) is 0.750. The monoisotopic (exact) mass is 266 g/mol. The highest BCUT2D eigenvalue weighted by Gasteiger charge is 2.20. The number of anilines is 2. The first-order valence-corrected chi connectivity index (χ1v) is 6.72. The van der Waals surface area contributed by atoms with Gasteiger partial charge in [0, 0.05) is 13.1 Å². The quantitative estimate of drug-likeness (QED) is 0.624. The summed E-state index contributed by atoms with van der Waals surface area (Å²) in [6.45, 7) is 8.04. The molecule has 1 fully saturated rings. The number of aromatic nitrogens is 3. The van der Waals surface area contributed by atoms with Crippen molar-refractivity contribution < 1.29 is 4.74 Å². The zero-order chi connectivity index (χ0) is 13.8. The summed E-state index contributed by atoms with van der Waals surface area (Å²) < 4.78 is 5.52. The van der Waals surface area contributed by atoms with Crippen molar-refractivity contribution in [2.75, 3.05) is 23.4 Å². The van der Waals surface area contributed by atoms with Gasteiger partial charge in [0.2, 0.25) is 11.9 Å². The molecule has 0 amide bonds. The van der Waals surface area contributed by atoms with E-state index in [9.17, 15) is 0 Å². The number of hydrogen-bond donors (Lipinski definition) is 2. The van der Waals surface area contributed by atoms with Crippen molar-refractivity contribution in [2.45, 2.75) is 39.7 Å². The Labute approximate surface area is 113 Å². The van der Waals surface area contributed by atoms with Crippen LogP contribution in [0.4, 0.5) is 11.9 Å². The van der Waals surface area contributed by atoms with E-state index in [-0.39, 0.29) is 6.10 Å². The van der Waals surface area contributed by atoms with Gasteiger partial charge in [0.05, 0.1) is 6.10 Å². The highest BCUT2D eigenvalue weighted by molar-refractivity contribution is 5.38. The van der Waals surface area contributed by atoms with Crippen molar-refractivity contribution in [3.63, 3.8) is 0 Å². The van der Waals surface area contributed by atoms with E-state index in [1.807, 2.05) is 13.8 Å². The SMILES string of the molecule is CC1CCN(c2nc(NN)nc(OC(C)C)n2)CC1. The summed E-state index contributed by atoms with van der Waals surface area (Å²) in [6, 6.07) is 0.312. The topological polar surface area (TPSA) is 89.2 Å². The second-order valence-electron chi connectivity index (χ2n) is 5.22. The van der Waals surface area contributed by atoms with Crippen molar-refractivity contribution in [1.29, 1.82) is 0 Å². The lowest BCUT2D eigenvalue weighted by molar-refractivity contribution is 0.222. The molecule has 7 nitrogen and oxygen atoms in total. The second-order valence-corrected chi connectivity index (χ2v) is 5.22. The Morgan fingerprint density at radius 1 is 1.26 bits per heavy atom. The van der Waals surface area contributed by atoms with Gasteiger partial charge in [-0.1, -0.05) is 6.92 Å². The van der Waals surface area contributed by atoms with Gasteiger partial charge in [-0.2, -0.15) is 15.0 Å². The number of hydrazine groups is 1. The molecular weight excluding hydrogens is 244 g/mol. The van der Waals surface area contributed by atoms with Gasteiger partial charge in [-0.3, -0.25) is 5.43 Å². The van der Waals surface area contributed by atoms with Crippen LogP contribution in [0.15, 0.2) is 0 Å². The number of nitrogen functional groups attached to an aromatic ring is 1. The third-order valence-electron chi connectivity index (χ3n) is 3.14. The zero-order valence-corrected chi connectivity index (χ0v) is 11.8. The first-order chi connectivity index (χ1) is 9.08. The summed E-state index contributed by atoms with van der Waals surface area (Å²) >= 11 is 0. The van der Waals surface area contributed by atoms with E-state index in [0.717, 1.165) is 31.8 Å². The van der Waals surface area contributed by atoms with E-state index in [1.165, 1.54) is 0 Å². The van der Waals surface area contributed by atoms with Crippen molar-refractivity contribution in [3.05, 3.63) is 0 Å². The van der Waals surface area contributed by atoms with Crippen LogP contribution in [0.2, 0.25) is 0 Å². The minimum absolute atomic E-state index is 0.0160. The third-order valence-corrected chi connectivity index (χ3v) is 3.14. The fourth-order valence-electron chi connectivity index (χ4n) is 2.02. The molecule has 1 aromatic rings. The van der Waals surface area contributed by atoms with Crippen molar-refractivity contribution >= 4 is 11.9 Å². The van der Waals surface area contributed by atoms with Gasteiger partial charge in [0.1, 0.15) is 0 Å². The maximum absolute atomic E-state index is 5.52. The molecule has 2 rings (SSSR count). The van der Waals surface area contributed by atoms with Gasteiger partial charge in [0.25, 0.3) is 0 Å². The molecule has 1 aliphatic heterocycles. The minimum Gasteiger partial charge on any atom is -0.461 e. The number of ether oxygens (including phenoxy) is 1. The van der Waals surface area contributed by atoms with Crippen LogP contribution >= 0.6 is 0 Å². The van der Waals surface area contributed by atoms with Crippen LogP contribution in [0.5, 0.6) is 6.01 Å². The Kier molecular flexibility index (Phi) is 4.36. The minimum atomic E-state index is 0.0160. The van der Waals surface area contributed by atoms with Crippen LogP contribution in [-0.2, 0) is 0 Å². The molecule has 0 saturated carbocycles. The van der Waals surface area contributed by atoms with Crippen LogP contribution < -0.4 is 20.9 Å². The van der Waals surface area contributed by atoms with Gasteiger partial charge in [-0.05, 0) is 32.6 Å². The molecule has 3 N–H and O–H groups in total. The number of rotatable bonds is 4. The largest absolute Gasteiger partial charge is 0.461 e. The Morgan fingerprint density at radius 2 is 1.95 bits per heavy atom. The lowest BCUT2D eigenvalue weighted by Gasteiger charge is -2.30. The Balaban J connectivity index is 2.18. The highest BCUT2D eigenvalue weighted by atomic mass is 16.5. The van der Waals surface area contributed by atoms with Gasteiger partial charge in [-0.25, -0.2) is 5.84 Å². The zero-order valence-electron chi connectivity index (χ0n) is 11.8. The van der Waals surface area contributed by atoms with Gasteiger partial charge < -0.3 is 9.64 Å². The maximum Gasteiger partial charge on any atom is 0.323 e. The molecule has 1 aliphatic rings. The summed E-state index contributed by atoms with van der Waals surface area (Å²) in [6.07, 6.45) is 2.32. The molecule has 0 spiro atoms. The molecule has 0 aromatic carbocycles. The van der Waals surface area contributed by atoms with Gasteiger partial charge in [0.15, 0.2) is 0 Å². The molecule has 7 heteroatoms. The van der Waals surface area contributed by atoms with E-state index in [2.05, 4.69) is 32.2 Å². The molecule has 106 valence electrons. The number of nitrogens with two attached hydrogens (primary N) is 1. The van der Waals surface area contributed by atoms with Crippen LogP contribution in [0.1, 0.15) is 33.6 Å². The molecular formula is C12H22N6O. The molecule has 0 radical (unpaired) electrons. The van der Waals surface area contributed by atoms with E-state index in [0.29, 0.717) is 17.9 Å². The molecule has 1 saturated heterocycles. The van der Waals surface area contributed by atoms with E-state index in [1.54, 1.807) is 0 Å². The van der Waals surface area contributed by atoms with Crippen LogP contribution in [0.25, 0.3) is 0 Å². The average Bonchev–Trinajstić information content (AvgIpc) is 2.38. The lowest BCUT2D eigenvalue weighted by atomic mass is 10.00. The summed E-state index contributed by atoms with van der Waals surface area (Å²) in [5.41, 5.74) is 2.46. The number of nitrogens with zero attached hydrogens (tertiary/aromatic N) is 4. The van der Waals surface area contributed by atoms with Gasteiger partial charge in [-0.15, -0.1) is 0 Å². The predicted octanol–water partition coefficient (Wildman–Crippen LogP) is 1.18. The highest BCUT2D eigenvalue weighted by Crippen LogP contribution is 2.22. The number of hydrogen-bond acceptors (Lipinski definition) is 7. The maximum atomic E-state index is 5.52. The molecule has 0 unspecified atom stereocenters. The second kappa shape index (κ2) is 6.01. The first kappa shape index (κ1) is 13.8. The summed E-state index contributed by atoms with van der Waals surface area (Å²) in [7, 11) is 0.